The van der Waals surface area contributed by atoms with Crippen molar-refractivity contribution < 1.29 is 13.6 Å². The van der Waals surface area contributed by atoms with Gasteiger partial charge in [0.2, 0.25) is 0 Å². The van der Waals surface area contributed by atoms with Crippen molar-refractivity contribution in [3.8, 4) is 0 Å². The molecule has 0 aliphatic heterocycles. The van der Waals surface area contributed by atoms with Crippen LogP contribution in [0.25, 0.3) is 0 Å². The quantitative estimate of drug-likeness (QED) is 0.622. The fourth-order valence-corrected chi connectivity index (χ4v) is 1.67. The summed E-state index contributed by atoms with van der Waals surface area (Å²) in [6.07, 6.45) is 2.82. The molecule has 3 nitrogen and oxygen atoms in total. The number of benzene rings is 1. The number of rotatable bonds is 2. The van der Waals surface area contributed by atoms with Gasteiger partial charge < -0.3 is 11.5 Å². The summed E-state index contributed by atoms with van der Waals surface area (Å²) in [7, 11) is 0. The molecule has 0 heterocycles. The standard InChI is InChI=1S/C13H12F2N2O/c14-13(15)5-4-9(7-11(13)17)12(18)8-2-1-3-10(16)6-8/h1-7,11H,16-17H2. The Morgan fingerprint density at radius 3 is 2.67 bits per heavy atom. The van der Waals surface area contributed by atoms with Gasteiger partial charge in [-0.15, -0.1) is 0 Å². The number of hydrogen-bond donors (Lipinski definition) is 2. The van der Waals surface area contributed by atoms with Gasteiger partial charge >= 0.3 is 0 Å². The van der Waals surface area contributed by atoms with Crippen molar-refractivity contribution in [1.29, 1.82) is 0 Å². The van der Waals surface area contributed by atoms with Gasteiger partial charge in [-0.25, -0.2) is 0 Å². The van der Waals surface area contributed by atoms with E-state index >= 15 is 0 Å². The van der Waals surface area contributed by atoms with Gasteiger partial charge in [0.1, 0.15) is 0 Å². The number of alkyl halides is 2. The first-order valence-electron chi connectivity index (χ1n) is 5.35. The highest BCUT2D eigenvalue weighted by Crippen LogP contribution is 2.27. The van der Waals surface area contributed by atoms with Gasteiger partial charge in [-0.2, -0.15) is 8.78 Å². The van der Waals surface area contributed by atoms with E-state index in [1.54, 1.807) is 18.2 Å². The molecule has 1 aromatic carbocycles. The maximum Gasteiger partial charge on any atom is 0.285 e. The molecule has 0 bridgehead atoms. The second-order valence-electron chi connectivity index (χ2n) is 4.11. The Morgan fingerprint density at radius 1 is 1.33 bits per heavy atom. The summed E-state index contributed by atoms with van der Waals surface area (Å²) in [6, 6.07) is 4.86. The molecule has 0 radical (unpaired) electrons. The van der Waals surface area contributed by atoms with E-state index in [2.05, 4.69) is 0 Å². The van der Waals surface area contributed by atoms with E-state index in [1.165, 1.54) is 6.07 Å². The lowest BCUT2D eigenvalue weighted by atomic mass is 9.94. The second-order valence-corrected chi connectivity index (χ2v) is 4.11. The molecular formula is C13H12F2N2O. The van der Waals surface area contributed by atoms with Crippen LogP contribution in [-0.4, -0.2) is 17.7 Å². The highest BCUT2D eigenvalue weighted by atomic mass is 19.3. The Bertz CT molecular complexity index is 550. The van der Waals surface area contributed by atoms with Crippen LogP contribution in [0.5, 0.6) is 0 Å². The first kappa shape index (κ1) is 12.4. The highest BCUT2D eigenvalue weighted by Gasteiger charge is 2.36. The third kappa shape index (κ3) is 2.31. The van der Waals surface area contributed by atoms with Crippen LogP contribution in [-0.2, 0) is 0 Å². The largest absolute Gasteiger partial charge is 0.399 e. The average molecular weight is 250 g/mol. The number of ketones is 1. The van der Waals surface area contributed by atoms with Crippen molar-refractivity contribution in [1.82, 2.24) is 0 Å². The number of Topliss-reactive ketones (excluding diaryl/α,β-unsaturated/α-hetero) is 1. The molecule has 4 N–H and O–H groups in total. The van der Waals surface area contributed by atoms with Crippen molar-refractivity contribution in [2.45, 2.75) is 12.0 Å². The van der Waals surface area contributed by atoms with Gasteiger partial charge in [0.25, 0.3) is 5.92 Å². The fourth-order valence-electron chi connectivity index (χ4n) is 1.67. The van der Waals surface area contributed by atoms with Crippen molar-refractivity contribution in [3.63, 3.8) is 0 Å². The first-order valence-corrected chi connectivity index (χ1v) is 5.35. The molecule has 0 saturated carbocycles. The monoisotopic (exact) mass is 250 g/mol. The summed E-state index contributed by atoms with van der Waals surface area (Å²) in [6.45, 7) is 0. The van der Waals surface area contributed by atoms with Crippen LogP contribution in [0.1, 0.15) is 10.4 Å². The van der Waals surface area contributed by atoms with Gasteiger partial charge in [0.15, 0.2) is 5.78 Å². The summed E-state index contributed by atoms with van der Waals surface area (Å²) in [5, 5.41) is 0. The van der Waals surface area contributed by atoms with Crippen molar-refractivity contribution >= 4 is 11.5 Å². The molecule has 0 amide bonds. The highest BCUT2D eigenvalue weighted by molar-refractivity contribution is 6.11. The molecule has 2 rings (SSSR count). The smallest absolute Gasteiger partial charge is 0.285 e. The average Bonchev–Trinajstić information content (AvgIpc) is 2.32. The summed E-state index contributed by atoms with van der Waals surface area (Å²) < 4.78 is 26.2. The predicted molar refractivity (Wildman–Crippen MR) is 65.3 cm³/mol. The number of anilines is 1. The SMILES string of the molecule is Nc1cccc(C(=O)C2=CC(N)C(F)(F)C=C2)c1. The predicted octanol–water partition coefficient (Wildman–Crippen LogP) is 1.91. The van der Waals surface area contributed by atoms with Crippen molar-refractivity contribution in [2.24, 2.45) is 5.73 Å². The number of allylic oxidation sites excluding steroid dienone is 2. The number of carbonyl (C=O) groups is 1. The molecule has 1 aliphatic carbocycles. The van der Waals surface area contributed by atoms with Gasteiger partial charge in [-0.3, -0.25) is 4.79 Å². The van der Waals surface area contributed by atoms with Crippen LogP contribution in [0.3, 0.4) is 0 Å². The van der Waals surface area contributed by atoms with Gasteiger partial charge in [0.05, 0.1) is 6.04 Å². The third-order valence-electron chi connectivity index (χ3n) is 2.70. The number of nitrogens with two attached hydrogens (primary N) is 2. The van der Waals surface area contributed by atoms with Gasteiger partial charge in [-0.05, 0) is 24.3 Å². The van der Waals surface area contributed by atoms with Crippen LogP contribution in [0.15, 0.2) is 48.1 Å². The lowest BCUT2D eigenvalue weighted by Crippen LogP contribution is -2.39. The normalized spacial score (nSPS) is 21.5. The van der Waals surface area contributed by atoms with E-state index in [1.807, 2.05) is 0 Å². The Labute approximate surface area is 103 Å². The Morgan fingerprint density at radius 2 is 2.06 bits per heavy atom. The zero-order chi connectivity index (χ0) is 13.3. The van der Waals surface area contributed by atoms with E-state index in [-0.39, 0.29) is 11.4 Å². The fraction of sp³-hybridized carbons (Fsp3) is 0.154. The molecule has 5 heteroatoms. The van der Waals surface area contributed by atoms with Gasteiger partial charge in [0, 0.05) is 16.8 Å². The minimum atomic E-state index is -3.11. The molecule has 0 aromatic heterocycles. The van der Waals surface area contributed by atoms with Crippen LogP contribution < -0.4 is 11.5 Å². The number of nitrogen functional groups attached to an aromatic ring is 1. The Kier molecular flexibility index (Phi) is 3.00. The van der Waals surface area contributed by atoms with Crippen molar-refractivity contribution in [2.75, 3.05) is 5.73 Å². The minimum Gasteiger partial charge on any atom is -0.399 e. The maximum absolute atomic E-state index is 13.1. The third-order valence-corrected chi connectivity index (χ3v) is 2.70. The van der Waals surface area contributed by atoms with Crippen LogP contribution in [0.4, 0.5) is 14.5 Å². The first-order chi connectivity index (χ1) is 8.40. The summed E-state index contributed by atoms with van der Waals surface area (Å²) in [5.41, 5.74) is 11.8. The summed E-state index contributed by atoms with van der Waals surface area (Å²) >= 11 is 0. The van der Waals surface area contributed by atoms with Gasteiger partial charge in [-0.1, -0.05) is 18.2 Å². The van der Waals surface area contributed by atoms with E-state index in [9.17, 15) is 13.6 Å². The zero-order valence-electron chi connectivity index (χ0n) is 9.44. The topological polar surface area (TPSA) is 69.1 Å². The van der Waals surface area contributed by atoms with Crippen LogP contribution >= 0.6 is 0 Å². The molecule has 1 unspecified atom stereocenters. The molecule has 94 valence electrons. The molecular weight excluding hydrogens is 238 g/mol. The number of carbonyl (C=O) groups excluding carboxylic acids is 1. The molecule has 1 aromatic rings. The molecule has 0 saturated heterocycles. The maximum atomic E-state index is 13.1. The summed E-state index contributed by atoms with van der Waals surface area (Å²) in [4.78, 5) is 12.0. The van der Waals surface area contributed by atoms with Crippen LogP contribution in [0.2, 0.25) is 0 Å². The molecule has 0 spiro atoms. The van der Waals surface area contributed by atoms with Crippen molar-refractivity contribution in [3.05, 3.63) is 53.6 Å². The Hall–Kier alpha value is -2.01. The molecule has 1 aliphatic rings. The number of halogens is 2. The van der Waals surface area contributed by atoms with E-state index in [0.29, 0.717) is 17.3 Å². The molecule has 0 fully saturated rings. The Balaban J connectivity index is 2.29. The van der Waals surface area contributed by atoms with E-state index in [4.69, 9.17) is 11.5 Å². The number of hydrogen-bond acceptors (Lipinski definition) is 3. The lowest BCUT2D eigenvalue weighted by molar-refractivity contribution is 0.0398. The molecule has 1 atom stereocenters. The van der Waals surface area contributed by atoms with Crippen LogP contribution in [0, 0.1) is 0 Å². The van der Waals surface area contributed by atoms with E-state index < -0.39 is 12.0 Å². The van der Waals surface area contributed by atoms with E-state index in [0.717, 1.165) is 12.2 Å². The lowest BCUT2D eigenvalue weighted by Gasteiger charge is -2.21. The summed E-state index contributed by atoms with van der Waals surface area (Å²) in [5.74, 6) is -3.48. The second kappa shape index (κ2) is 4.34. The minimum absolute atomic E-state index is 0.152. The molecule has 18 heavy (non-hydrogen) atoms. The zero-order valence-corrected chi connectivity index (χ0v) is 9.44.